The first kappa shape index (κ1) is 27.3. The molecule has 4 aromatic rings. The SMILES string of the molecule is CCOC(=O)c1cc2c(=O)n3ccccc3nc2n(CCCOC(C)C)c1=NC(=O)c1ccccc1[N+](=O)[O-]. The van der Waals surface area contributed by atoms with Gasteiger partial charge in [-0.1, -0.05) is 18.2 Å². The second-order valence-electron chi connectivity index (χ2n) is 8.80. The van der Waals surface area contributed by atoms with Gasteiger partial charge in [-0.3, -0.25) is 24.1 Å². The first-order chi connectivity index (χ1) is 18.7. The lowest BCUT2D eigenvalue weighted by Crippen LogP contribution is -2.33. The molecule has 0 fully saturated rings. The Morgan fingerprint density at radius 1 is 1.13 bits per heavy atom. The quantitative estimate of drug-likeness (QED) is 0.105. The molecular weight excluding hydrogens is 506 g/mol. The van der Waals surface area contributed by atoms with Crippen LogP contribution in [0.4, 0.5) is 5.69 Å². The number of para-hydroxylation sites is 1. The number of aromatic nitrogens is 3. The molecule has 0 aliphatic carbocycles. The minimum atomic E-state index is -0.933. The first-order valence-corrected chi connectivity index (χ1v) is 12.4. The third-order valence-corrected chi connectivity index (χ3v) is 5.80. The first-order valence-electron chi connectivity index (χ1n) is 12.4. The molecular formula is C27H27N5O7. The summed E-state index contributed by atoms with van der Waals surface area (Å²) in [6.45, 7) is 5.96. The van der Waals surface area contributed by atoms with E-state index in [1.165, 1.54) is 39.3 Å². The van der Waals surface area contributed by atoms with Crippen molar-refractivity contribution >= 4 is 34.2 Å². The van der Waals surface area contributed by atoms with E-state index in [1.807, 2.05) is 13.8 Å². The van der Waals surface area contributed by atoms with E-state index in [2.05, 4.69) is 9.98 Å². The monoisotopic (exact) mass is 533 g/mol. The molecule has 39 heavy (non-hydrogen) atoms. The number of hydrogen-bond donors (Lipinski definition) is 0. The van der Waals surface area contributed by atoms with E-state index in [-0.39, 0.29) is 46.9 Å². The zero-order valence-electron chi connectivity index (χ0n) is 21.7. The van der Waals surface area contributed by atoms with Gasteiger partial charge in [-0.25, -0.2) is 9.78 Å². The number of rotatable bonds is 9. The number of carbonyl (C=O) groups is 2. The zero-order valence-corrected chi connectivity index (χ0v) is 21.7. The van der Waals surface area contributed by atoms with Crippen molar-refractivity contribution in [2.75, 3.05) is 13.2 Å². The Morgan fingerprint density at radius 3 is 2.59 bits per heavy atom. The molecule has 0 radical (unpaired) electrons. The molecule has 12 heteroatoms. The molecule has 0 spiro atoms. The number of fused-ring (bicyclic) bond motifs is 2. The Labute approximate surface area is 222 Å². The highest BCUT2D eigenvalue weighted by atomic mass is 16.6. The molecule has 4 rings (SSSR count). The average Bonchev–Trinajstić information content (AvgIpc) is 2.91. The van der Waals surface area contributed by atoms with Crippen LogP contribution in [0.25, 0.3) is 16.7 Å². The third kappa shape index (κ3) is 5.75. The Balaban J connectivity index is 2.06. The summed E-state index contributed by atoms with van der Waals surface area (Å²) in [5.41, 5.74) is -0.830. The summed E-state index contributed by atoms with van der Waals surface area (Å²) in [6.07, 6.45) is 1.97. The highest BCUT2D eigenvalue weighted by Gasteiger charge is 2.23. The predicted molar refractivity (Wildman–Crippen MR) is 142 cm³/mol. The highest BCUT2D eigenvalue weighted by molar-refractivity contribution is 6.00. The summed E-state index contributed by atoms with van der Waals surface area (Å²) < 4.78 is 13.7. The topological polar surface area (TPSA) is 147 Å². The van der Waals surface area contributed by atoms with Gasteiger partial charge in [-0.2, -0.15) is 4.99 Å². The zero-order chi connectivity index (χ0) is 28.1. The molecule has 3 heterocycles. The smallest absolute Gasteiger partial charge is 0.341 e. The van der Waals surface area contributed by atoms with Crippen LogP contribution in [0.5, 0.6) is 0 Å². The number of nitro groups is 1. The Morgan fingerprint density at radius 2 is 1.87 bits per heavy atom. The van der Waals surface area contributed by atoms with Crippen molar-refractivity contribution in [1.29, 1.82) is 0 Å². The lowest BCUT2D eigenvalue weighted by atomic mass is 10.1. The van der Waals surface area contributed by atoms with Crippen LogP contribution >= 0.6 is 0 Å². The number of benzene rings is 1. The molecule has 202 valence electrons. The van der Waals surface area contributed by atoms with Crippen molar-refractivity contribution in [2.45, 2.75) is 39.8 Å². The fourth-order valence-electron chi connectivity index (χ4n) is 4.08. The summed E-state index contributed by atoms with van der Waals surface area (Å²) in [5.74, 6) is -1.74. The second-order valence-corrected chi connectivity index (χ2v) is 8.80. The number of nitro benzene ring substituents is 1. The van der Waals surface area contributed by atoms with E-state index in [0.29, 0.717) is 18.7 Å². The second kappa shape index (κ2) is 11.8. The van der Waals surface area contributed by atoms with Gasteiger partial charge >= 0.3 is 5.97 Å². The molecule has 0 bridgehead atoms. The fraction of sp³-hybridized carbons (Fsp3) is 0.296. The Kier molecular flexibility index (Phi) is 8.25. The van der Waals surface area contributed by atoms with Gasteiger partial charge in [0, 0.05) is 25.4 Å². The number of carbonyl (C=O) groups excluding carboxylic acids is 2. The van der Waals surface area contributed by atoms with E-state index in [1.54, 1.807) is 31.3 Å². The van der Waals surface area contributed by atoms with E-state index >= 15 is 0 Å². The standard InChI is InChI=1S/C27H27N5O7/c1-4-38-27(35)20-16-19-23(28-22-12-7-8-13-30(22)26(19)34)31(14-9-15-39-17(2)3)24(20)29-25(33)18-10-5-6-11-21(18)32(36)37/h5-8,10-13,16-17H,4,9,14-15H2,1-3H3. The van der Waals surface area contributed by atoms with Gasteiger partial charge in [-0.05, 0) is 51.5 Å². The molecule has 3 aromatic heterocycles. The molecule has 0 saturated carbocycles. The van der Waals surface area contributed by atoms with Gasteiger partial charge in [0.1, 0.15) is 22.4 Å². The maximum atomic E-state index is 13.4. The summed E-state index contributed by atoms with van der Waals surface area (Å²) >= 11 is 0. The van der Waals surface area contributed by atoms with Gasteiger partial charge in [0.05, 0.1) is 23.0 Å². The number of pyridine rings is 2. The van der Waals surface area contributed by atoms with Gasteiger partial charge in [0.2, 0.25) is 0 Å². The Hall–Kier alpha value is -4.71. The van der Waals surface area contributed by atoms with Gasteiger partial charge in [0.25, 0.3) is 17.2 Å². The summed E-state index contributed by atoms with van der Waals surface area (Å²) in [6, 6.07) is 11.8. The molecule has 12 nitrogen and oxygen atoms in total. The molecule has 0 N–H and O–H groups in total. The molecule has 1 amide bonds. The Bertz CT molecular complexity index is 1700. The minimum Gasteiger partial charge on any atom is -0.462 e. The van der Waals surface area contributed by atoms with Crippen LogP contribution in [-0.2, 0) is 16.0 Å². The number of hydrogen-bond acceptors (Lipinski definition) is 8. The molecule has 0 aliphatic heterocycles. The number of amides is 1. The van der Waals surface area contributed by atoms with Crippen molar-refractivity contribution < 1.29 is 24.0 Å². The summed E-state index contributed by atoms with van der Waals surface area (Å²) in [4.78, 5) is 59.5. The third-order valence-electron chi connectivity index (χ3n) is 5.80. The number of ether oxygens (including phenoxy) is 2. The number of aryl methyl sites for hydroxylation is 1. The van der Waals surface area contributed by atoms with E-state index in [9.17, 15) is 24.5 Å². The van der Waals surface area contributed by atoms with Gasteiger partial charge in [0.15, 0.2) is 5.49 Å². The minimum absolute atomic E-state index is 0.0197. The van der Waals surface area contributed by atoms with E-state index in [0.717, 1.165) is 0 Å². The van der Waals surface area contributed by atoms with Crippen molar-refractivity contribution in [1.82, 2.24) is 14.0 Å². The predicted octanol–water partition coefficient (Wildman–Crippen LogP) is 3.29. The van der Waals surface area contributed by atoms with Crippen molar-refractivity contribution in [2.24, 2.45) is 4.99 Å². The number of nitrogens with zero attached hydrogens (tertiary/aromatic N) is 5. The van der Waals surface area contributed by atoms with Crippen molar-refractivity contribution in [3.05, 3.63) is 91.8 Å². The van der Waals surface area contributed by atoms with Gasteiger partial charge in [-0.15, -0.1) is 0 Å². The van der Waals surface area contributed by atoms with Gasteiger partial charge < -0.3 is 14.0 Å². The molecule has 1 aromatic carbocycles. The molecule has 0 unspecified atom stereocenters. The fourth-order valence-corrected chi connectivity index (χ4v) is 4.08. The maximum absolute atomic E-state index is 13.4. The summed E-state index contributed by atoms with van der Waals surface area (Å²) in [5, 5.41) is 11.7. The van der Waals surface area contributed by atoms with Crippen LogP contribution in [0.15, 0.2) is 64.5 Å². The van der Waals surface area contributed by atoms with Crippen molar-refractivity contribution in [3.8, 4) is 0 Å². The van der Waals surface area contributed by atoms with Crippen LogP contribution < -0.4 is 11.0 Å². The van der Waals surface area contributed by atoms with E-state index in [4.69, 9.17) is 9.47 Å². The average molecular weight is 534 g/mol. The van der Waals surface area contributed by atoms with Crippen LogP contribution in [0.3, 0.4) is 0 Å². The maximum Gasteiger partial charge on any atom is 0.341 e. The largest absolute Gasteiger partial charge is 0.462 e. The molecule has 0 saturated heterocycles. The highest BCUT2D eigenvalue weighted by Crippen LogP contribution is 2.19. The van der Waals surface area contributed by atoms with Crippen molar-refractivity contribution in [3.63, 3.8) is 0 Å². The molecule has 0 aliphatic rings. The number of esters is 1. The molecule has 0 atom stereocenters. The summed E-state index contributed by atoms with van der Waals surface area (Å²) in [7, 11) is 0. The lowest BCUT2D eigenvalue weighted by molar-refractivity contribution is -0.385. The van der Waals surface area contributed by atoms with Crippen LogP contribution in [-0.4, -0.2) is 50.1 Å². The lowest BCUT2D eigenvalue weighted by Gasteiger charge is -2.15. The normalized spacial score (nSPS) is 11.8. The van der Waals surface area contributed by atoms with Crippen LogP contribution in [0, 0.1) is 10.1 Å². The van der Waals surface area contributed by atoms with Crippen LogP contribution in [0.2, 0.25) is 0 Å². The van der Waals surface area contributed by atoms with Crippen LogP contribution in [0.1, 0.15) is 47.9 Å². The van der Waals surface area contributed by atoms with E-state index < -0.39 is 28.0 Å².